The molecule has 0 fully saturated rings. The molecular weight excluding hydrogens is 232 g/mol. The molecule has 0 bridgehead atoms. The second kappa shape index (κ2) is 6.83. The van der Waals surface area contributed by atoms with Crippen molar-refractivity contribution >= 4 is 11.9 Å². The summed E-state index contributed by atoms with van der Waals surface area (Å²) >= 11 is 0. The van der Waals surface area contributed by atoms with Crippen LogP contribution in [0, 0.1) is 5.92 Å². The quantitative estimate of drug-likeness (QED) is 0.776. The predicted octanol–water partition coefficient (Wildman–Crippen LogP) is 1.74. The van der Waals surface area contributed by atoms with Crippen molar-refractivity contribution in [2.24, 2.45) is 5.92 Å². The van der Waals surface area contributed by atoms with Crippen LogP contribution in [0.25, 0.3) is 0 Å². The molecule has 5 heteroatoms. The summed E-state index contributed by atoms with van der Waals surface area (Å²) in [6.45, 7) is 4.88. The summed E-state index contributed by atoms with van der Waals surface area (Å²) < 4.78 is 1.44. The van der Waals surface area contributed by atoms with Crippen LogP contribution in [0.1, 0.15) is 37.2 Å². The first-order valence-corrected chi connectivity index (χ1v) is 6.23. The molecule has 1 aromatic heterocycles. The Hall–Kier alpha value is -1.78. The minimum Gasteiger partial charge on any atom is -0.477 e. The molecule has 0 aliphatic rings. The number of carbonyl (C=O) groups excluding carboxylic acids is 1. The molecule has 1 aromatic rings. The number of carboxylic acid groups (broad SMARTS) is 1. The molecule has 0 unspecified atom stereocenters. The Kier molecular flexibility index (Phi) is 5.42. The zero-order valence-corrected chi connectivity index (χ0v) is 10.8. The van der Waals surface area contributed by atoms with E-state index in [9.17, 15) is 9.59 Å². The maximum absolute atomic E-state index is 11.7. The first-order valence-electron chi connectivity index (χ1n) is 6.23. The summed E-state index contributed by atoms with van der Waals surface area (Å²) in [6.07, 6.45) is 3.65. The van der Waals surface area contributed by atoms with Crippen molar-refractivity contribution in [1.29, 1.82) is 0 Å². The van der Waals surface area contributed by atoms with Crippen LogP contribution in [0.4, 0.5) is 0 Å². The van der Waals surface area contributed by atoms with E-state index in [0.717, 1.165) is 12.8 Å². The molecule has 1 heterocycles. The van der Waals surface area contributed by atoms with Gasteiger partial charge in [0.1, 0.15) is 12.2 Å². The number of carboxylic acids is 1. The second-order valence-electron chi connectivity index (χ2n) is 4.31. The molecule has 2 N–H and O–H groups in total. The fourth-order valence-corrected chi connectivity index (χ4v) is 1.79. The molecule has 0 saturated heterocycles. The third-order valence-electron chi connectivity index (χ3n) is 3.11. The highest BCUT2D eigenvalue weighted by Gasteiger charge is 2.12. The largest absolute Gasteiger partial charge is 0.477 e. The van der Waals surface area contributed by atoms with Gasteiger partial charge in [-0.15, -0.1) is 0 Å². The molecular formula is C13H20N2O3. The van der Waals surface area contributed by atoms with Crippen LogP contribution in [0.5, 0.6) is 0 Å². The summed E-state index contributed by atoms with van der Waals surface area (Å²) in [6, 6.07) is 3.11. The lowest BCUT2D eigenvalue weighted by Crippen LogP contribution is -2.32. The van der Waals surface area contributed by atoms with Crippen molar-refractivity contribution in [3.8, 4) is 0 Å². The fraction of sp³-hybridized carbons (Fsp3) is 0.538. The monoisotopic (exact) mass is 252 g/mol. The fourth-order valence-electron chi connectivity index (χ4n) is 1.79. The lowest BCUT2D eigenvalue weighted by Gasteiger charge is -2.13. The third kappa shape index (κ3) is 3.91. The van der Waals surface area contributed by atoms with E-state index >= 15 is 0 Å². The minimum atomic E-state index is -1.02. The summed E-state index contributed by atoms with van der Waals surface area (Å²) in [5.41, 5.74) is 0.132. The van der Waals surface area contributed by atoms with Crippen LogP contribution in [0.2, 0.25) is 0 Å². The van der Waals surface area contributed by atoms with Crippen molar-refractivity contribution in [2.75, 3.05) is 6.54 Å². The van der Waals surface area contributed by atoms with E-state index in [4.69, 9.17) is 5.11 Å². The van der Waals surface area contributed by atoms with E-state index in [1.54, 1.807) is 12.3 Å². The Labute approximate surface area is 107 Å². The molecule has 0 saturated carbocycles. The van der Waals surface area contributed by atoms with Gasteiger partial charge in [-0.3, -0.25) is 4.79 Å². The Balaban J connectivity index is 2.49. The van der Waals surface area contributed by atoms with Gasteiger partial charge in [0.05, 0.1) is 0 Å². The van der Waals surface area contributed by atoms with E-state index in [2.05, 4.69) is 19.2 Å². The van der Waals surface area contributed by atoms with Gasteiger partial charge in [0.25, 0.3) is 0 Å². The summed E-state index contributed by atoms with van der Waals surface area (Å²) in [7, 11) is 0. The standard InChI is InChI=1S/C13H20N2O3/c1-3-10(4-2)8-14-12(16)9-15-7-5-6-11(15)13(17)18/h5-7,10H,3-4,8-9H2,1-2H3,(H,14,16)(H,17,18). The van der Waals surface area contributed by atoms with Crippen LogP contribution in [0.3, 0.4) is 0 Å². The van der Waals surface area contributed by atoms with Gasteiger partial charge in [0.2, 0.25) is 5.91 Å². The van der Waals surface area contributed by atoms with Gasteiger partial charge in [-0.25, -0.2) is 4.79 Å². The highest BCUT2D eigenvalue weighted by molar-refractivity contribution is 5.86. The highest BCUT2D eigenvalue weighted by atomic mass is 16.4. The van der Waals surface area contributed by atoms with Crippen molar-refractivity contribution in [3.05, 3.63) is 24.0 Å². The number of aromatic nitrogens is 1. The molecule has 0 atom stereocenters. The molecule has 18 heavy (non-hydrogen) atoms. The zero-order valence-electron chi connectivity index (χ0n) is 10.8. The Morgan fingerprint density at radius 1 is 1.39 bits per heavy atom. The Bertz CT molecular complexity index is 408. The number of nitrogens with zero attached hydrogens (tertiary/aromatic N) is 1. The number of carbonyl (C=O) groups is 2. The number of amides is 1. The van der Waals surface area contributed by atoms with Crippen molar-refractivity contribution < 1.29 is 14.7 Å². The van der Waals surface area contributed by atoms with Crippen LogP contribution in [-0.2, 0) is 11.3 Å². The molecule has 1 amide bonds. The molecule has 0 aromatic carbocycles. The van der Waals surface area contributed by atoms with E-state index < -0.39 is 5.97 Å². The first-order chi connectivity index (χ1) is 8.58. The lowest BCUT2D eigenvalue weighted by atomic mass is 10.0. The SMILES string of the molecule is CCC(CC)CNC(=O)Cn1cccc1C(=O)O. The normalized spacial score (nSPS) is 10.6. The first kappa shape index (κ1) is 14.3. The maximum Gasteiger partial charge on any atom is 0.352 e. The van der Waals surface area contributed by atoms with Crippen molar-refractivity contribution in [3.63, 3.8) is 0 Å². The van der Waals surface area contributed by atoms with E-state index in [0.29, 0.717) is 12.5 Å². The van der Waals surface area contributed by atoms with Crippen LogP contribution >= 0.6 is 0 Å². The average Bonchev–Trinajstić information content (AvgIpc) is 2.78. The Morgan fingerprint density at radius 2 is 2.06 bits per heavy atom. The van der Waals surface area contributed by atoms with Gasteiger partial charge in [0, 0.05) is 12.7 Å². The maximum atomic E-state index is 11.7. The van der Waals surface area contributed by atoms with Gasteiger partial charge < -0.3 is 15.0 Å². The summed E-state index contributed by atoms with van der Waals surface area (Å²) in [4.78, 5) is 22.6. The number of hydrogen-bond acceptors (Lipinski definition) is 2. The molecule has 0 aliphatic carbocycles. The van der Waals surface area contributed by atoms with E-state index in [-0.39, 0.29) is 18.1 Å². The Morgan fingerprint density at radius 3 is 2.61 bits per heavy atom. The van der Waals surface area contributed by atoms with Gasteiger partial charge in [-0.2, -0.15) is 0 Å². The molecule has 5 nitrogen and oxygen atoms in total. The zero-order chi connectivity index (χ0) is 13.5. The van der Waals surface area contributed by atoms with Gasteiger partial charge in [-0.05, 0) is 18.1 Å². The smallest absolute Gasteiger partial charge is 0.352 e. The molecule has 0 spiro atoms. The van der Waals surface area contributed by atoms with Crippen LogP contribution < -0.4 is 5.32 Å². The molecule has 1 rings (SSSR count). The third-order valence-corrected chi connectivity index (χ3v) is 3.11. The van der Waals surface area contributed by atoms with Gasteiger partial charge in [-0.1, -0.05) is 26.7 Å². The van der Waals surface area contributed by atoms with E-state index in [1.165, 1.54) is 10.6 Å². The van der Waals surface area contributed by atoms with Crippen molar-refractivity contribution in [1.82, 2.24) is 9.88 Å². The second-order valence-corrected chi connectivity index (χ2v) is 4.31. The number of hydrogen-bond donors (Lipinski definition) is 2. The van der Waals surface area contributed by atoms with Gasteiger partial charge >= 0.3 is 5.97 Å². The summed E-state index contributed by atoms with van der Waals surface area (Å²) in [5.74, 6) is -0.689. The molecule has 0 radical (unpaired) electrons. The topological polar surface area (TPSA) is 71.3 Å². The van der Waals surface area contributed by atoms with Crippen molar-refractivity contribution in [2.45, 2.75) is 33.2 Å². The van der Waals surface area contributed by atoms with Crippen LogP contribution in [0.15, 0.2) is 18.3 Å². The number of aromatic carboxylic acids is 1. The molecule has 100 valence electrons. The number of nitrogens with one attached hydrogen (secondary N) is 1. The lowest BCUT2D eigenvalue weighted by molar-refractivity contribution is -0.121. The average molecular weight is 252 g/mol. The number of rotatable bonds is 7. The predicted molar refractivity (Wildman–Crippen MR) is 68.5 cm³/mol. The minimum absolute atomic E-state index is 0.0504. The highest BCUT2D eigenvalue weighted by Crippen LogP contribution is 2.05. The van der Waals surface area contributed by atoms with Crippen LogP contribution in [-0.4, -0.2) is 28.1 Å². The van der Waals surface area contributed by atoms with E-state index in [1.807, 2.05) is 0 Å². The molecule has 0 aliphatic heterocycles. The van der Waals surface area contributed by atoms with Gasteiger partial charge in [0.15, 0.2) is 0 Å². The summed E-state index contributed by atoms with van der Waals surface area (Å²) in [5, 5.41) is 11.7.